The van der Waals surface area contributed by atoms with Gasteiger partial charge in [-0.05, 0) is 73.9 Å². The number of aromatic nitrogens is 5. The minimum Gasteiger partial charge on any atom is -0.465 e. The van der Waals surface area contributed by atoms with Gasteiger partial charge in [-0.2, -0.15) is 5.10 Å². The Morgan fingerprint density at radius 1 is 1.06 bits per heavy atom. The van der Waals surface area contributed by atoms with Crippen molar-refractivity contribution >= 4 is 22.9 Å². The highest BCUT2D eigenvalue weighted by Gasteiger charge is 2.27. The summed E-state index contributed by atoms with van der Waals surface area (Å²) in [6, 6.07) is 16.4. The summed E-state index contributed by atoms with van der Waals surface area (Å²) >= 11 is 0. The number of carboxylic acid groups (broad SMARTS) is 1. The Kier molecular flexibility index (Phi) is 9.41. The van der Waals surface area contributed by atoms with Crippen LogP contribution in [0.5, 0.6) is 0 Å². The van der Waals surface area contributed by atoms with E-state index in [1.807, 2.05) is 35.7 Å². The van der Waals surface area contributed by atoms with Gasteiger partial charge in [0, 0.05) is 68.7 Å². The van der Waals surface area contributed by atoms with Gasteiger partial charge in [0.2, 0.25) is 0 Å². The van der Waals surface area contributed by atoms with Crippen molar-refractivity contribution in [3.8, 4) is 22.6 Å². The molecule has 7 rings (SSSR count). The number of fused-ring (bicyclic) bond motifs is 1. The molecule has 3 aromatic heterocycles. The van der Waals surface area contributed by atoms with E-state index in [1.165, 1.54) is 5.56 Å². The largest absolute Gasteiger partial charge is 0.465 e. The van der Waals surface area contributed by atoms with Crippen molar-refractivity contribution in [3.63, 3.8) is 0 Å². The van der Waals surface area contributed by atoms with Crippen LogP contribution in [0, 0.1) is 6.92 Å². The first-order valence-corrected chi connectivity index (χ1v) is 17.0. The molecule has 254 valence electrons. The maximum absolute atomic E-state index is 13.6. The molecule has 0 radical (unpaired) electrons. The second-order valence-electron chi connectivity index (χ2n) is 13.1. The monoisotopic (exact) mass is 662 g/mol. The molecule has 12 nitrogen and oxygen atoms in total. The summed E-state index contributed by atoms with van der Waals surface area (Å²) in [6.07, 6.45) is 7.50. The Morgan fingerprint density at radius 2 is 1.88 bits per heavy atom. The minimum atomic E-state index is -1.05. The van der Waals surface area contributed by atoms with Gasteiger partial charge >= 0.3 is 6.09 Å². The molecular weight excluding hydrogens is 620 g/mol. The van der Waals surface area contributed by atoms with E-state index in [0.29, 0.717) is 43.3 Å². The van der Waals surface area contributed by atoms with Gasteiger partial charge in [0.1, 0.15) is 11.4 Å². The zero-order chi connectivity index (χ0) is 33.9. The third kappa shape index (κ3) is 7.06. The maximum Gasteiger partial charge on any atom is 0.404 e. The number of carbonyl (C=O) groups is 2. The van der Waals surface area contributed by atoms with E-state index in [9.17, 15) is 9.59 Å². The first-order chi connectivity index (χ1) is 23.8. The molecule has 5 heterocycles. The molecule has 2 atom stereocenters. The van der Waals surface area contributed by atoms with E-state index in [0.717, 1.165) is 72.1 Å². The number of amides is 2. The number of pyridine rings is 1. The maximum atomic E-state index is 13.6. The fraction of sp³-hybridized carbons (Fsp3) is 0.378. The van der Waals surface area contributed by atoms with Crippen LogP contribution >= 0.6 is 0 Å². The molecule has 0 bridgehead atoms. The second kappa shape index (κ2) is 14.2. The fourth-order valence-electron chi connectivity index (χ4n) is 6.95. The number of hydrogen-bond donors (Lipinski definition) is 3. The molecule has 2 aliphatic rings. The molecule has 2 aromatic carbocycles. The number of carbonyl (C=O) groups excluding carboxylic acids is 1. The number of ether oxygens (including phenoxy) is 1. The summed E-state index contributed by atoms with van der Waals surface area (Å²) in [7, 11) is 0. The molecule has 0 spiro atoms. The Bertz CT molecular complexity index is 1940. The Balaban J connectivity index is 1.16. The van der Waals surface area contributed by atoms with Crippen LogP contribution in [0.2, 0.25) is 0 Å². The second-order valence-corrected chi connectivity index (χ2v) is 13.1. The molecule has 2 aliphatic heterocycles. The molecule has 3 N–H and O–H groups in total. The van der Waals surface area contributed by atoms with Crippen molar-refractivity contribution in [1.29, 1.82) is 0 Å². The van der Waals surface area contributed by atoms with Gasteiger partial charge in [0.05, 0.1) is 11.7 Å². The van der Waals surface area contributed by atoms with Crippen LogP contribution in [0.4, 0.5) is 4.79 Å². The highest BCUT2D eigenvalue weighted by molar-refractivity contribution is 5.97. The number of hydrogen-bond acceptors (Lipinski definition) is 7. The number of H-pyrrole nitrogens is 1. The lowest BCUT2D eigenvalue weighted by atomic mass is 9.95. The van der Waals surface area contributed by atoms with Crippen LogP contribution in [0.25, 0.3) is 33.5 Å². The van der Waals surface area contributed by atoms with Crippen molar-refractivity contribution in [2.75, 3.05) is 32.8 Å². The van der Waals surface area contributed by atoms with Gasteiger partial charge < -0.3 is 25.0 Å². The standard InChI is InChI=1S/C37H42N8O4/c1-24(40-37(47)48)18-28-20-38-21-30(25(28)2)27-11-12-32-29(19-27)34(42-45(32)33-10-6-7-17-49-33)35-39-22-31(41-35)36(46)44-15-13-43(14-16-44)23-26-8-4-3-5-9-26/h3-5,8-9,11-12,19-22,24,33,40H,6-7,10,13-18,23H2,1-2H3,(H,39,41)(H,47,48). The van der Waals surface area contributed by atoms with Crippen LogP contribution in [-0.2, 0) is 17.7 Å². The molecule has 2 fully saturated rings. The van der Waals surface area contributed by atoms with Crippen LogP contribution in [0.15, 0.2) is 67.1 Å². The summed E-state index contributed by atoms with van der Waals surface area (Å²) in [6.45, 7) is 8.36. The van der Waals surface area contributed by atoms with E-state index in [4.69, 9.17) is 14.9 Å². The summed E-state index contributed by atoms with van der Waals surface area (Å²) < 4.78 is 8.10. The van der Waals surface area contributed by atoms with Gasteiger partial charge in [-0.1, -0.05) is 36.4 Å². The SMILES string of the molecule is Cc1c(CC(C)NC(=O)O)cncc1-c1ccc2c(c1)c(-c1ncc(C(=O)N3CCN(Cc4ccccc4)CC3)[nH]1)nn2C1CCCCO1. The number of piperazine rings is 1. The van der Waals surface area contributed by atoms with E-state index in [-0.39, 0.29) is 18.2 Å². The molecular formula is C37H42N8O4. The summed E-state index contributed by atoms with van der Waals surface area (Å²) in [5.41, 5.74) is 7.21. The molecule has 0 saturated carbocycles. The molecule has 2 amide bonds. The Labute approximate surface area is 285 Å². The van der Waals surface area contributed by atoms with Crippen molar-refractivity contribution in [3.05, 3.63) is 89.5 Å². The van der Waals surface area contributed by atoms with Gasteiger partial charge in [0.15, 0.2) is 12.1 Å². The quantitative estimate of drug-likeness (QED) is 0.184. The average Bonchev–Trinajstić information content (AvgIpc) is 3.75. The van der Waals surface area contributed by atoms with Gasteiger partial charge in [-0.3, -0.25) is 14.7 Å². The summed E-state index contributed by atoms with van der Waals surface area (Å²) in [4.78, 5) is 41.5. The lowest BCUT2D eigenvalue weighted by molar-refractivity contribution is -0.0365. The smallest absolute Gasteiger partial charge is 0.404 e. The summed E-state index contributed by atoms with van der Waals surface area (Å²) in [5, 5.41) is 17.6. The zero-order valence-corrected chi connectivity index (χ0v) is 27.9. The lowest BCUT2D eigenvalue weighted by Crippen LogP contribution is -2.48. The van der Waals surface area contributed by atoms with Crippen molar-refractivity contribution in [1.82, 2.24) is 39.8 Å². The van der Waals surface area contributed by atoms with E-state index < -0.39 is 6.09 Å². The molecule has 2 unspecified atom stereocenters. The number of aromatic amines is 1. The van der Waals surface area contributed by atoms with Gasteiger partial charge in [-0.15, -0.1) is 0 Å². The zero-order valence-electron chi connectivity index (χ0n) is 27.9. The van der Waals surface area contributed by atoms with E-state index in [1.54, 1.807) is 12.4 Å². The summed E-state index contributed by atoms with van der Waals surface area (Å²) in [5.74, 6) is 0.461. The van der Waals surface area contributed by atoms with E-state index >= 15 is 0 Å². The number of nitrogens with one attached hydrogen (secondary N) is 2. The lowest BCUT2D eigenvalue weighted by Gasteiger charge is -2.34. The highest BCUT2D eigenvalue weighted by Crippen LogP contribution is 2.35. The van der Waals surface area contributed by atoms with Crippen molar-refractivity contribution in [2.45, 2.75) is 58.3 Å². The predicted molar refractivity (Wildman–Crippen MR) is 186 cm³/mol. The number of rotatable bonds is 9. The Hall–Kier alpha value is -5.07. The third-order valence-corrected chi connectivity index (χ3v) is 9.60. The number of benzene rings is 2. The average molecular weight is 663 g/mol. The topological polar surface area (TPSA) is 141 Å². The van der Waals surface area contributed by atoms with Crippen molar-refractivity contribution in [2.24, 2.45) is 0 Å². The van der Waals surface area contributed by atoms with Crippen LogP contribution in [0.3, 0.4) is 0 Å². The number of imidazole rings is 1. The first kappa shape index (κ1) is 32.5. The van der Waals surface area contributed by atoms with Crippen LogP contribution in [-0.4, -0.2) is 90.5 Å². The minimum absolute atomic E-state index is 0.0664. The number of nitrogens with zero attached hydrogens (tertiary/aromatic N) is 6. The molecule has 12 heteroatoms. The molecule has 49 heavy (non-hydrogen) atoms. The van der Waals surface area contributed by atoms with Crippen LogP contribution in [0.1, 0.15) is 59.6 Å². The fourth-order valence-corrected chi connectivity index (χ4v) is 6.95. The van der Waals surface area contributed by atoms with Gasteiger partial charge in [0.25, 0.3) is 5.91 Å². The Morgan fingerprint density at radius 3 is 2.63 bits per heavy atom. The molecule has 5 aromatic rings. The van der Waals surface area contributed by atoms with E-state index in [2.05, 4.69) is 67.6 Å². The molecule has 2 saturated heterocycles. The highest BCUT2D eigenvalue weighted by atomic mass is 16.5. The van der Waals surface area contributed by atoms with Crippen LogP contribution < -0.4 is 5.32 Å². The van der Waals surface area contributed by atoms with Crippen molar-refractivity contribution < 1.29 is 19.4 Å². The normalized spacial score (nSPS) is 17.7. The van der Waals surface area contributed by atoms with Gasteiger partial charge in [-0.25, -0.2) is 14.5 Å². The third-order valence-electron chi connectivity index (χ3n) is 9.60. The first-order valence-electron chi connectivity index (χ1n) is 17.0. The molecule has 0 aliphatic carbocycles. The predicted octanol–water partition coefficient (Wildman–Crippen LogP) is 5.65.